The van der Waals surface area contributed by atoms with Gasteiger partial charge in [-0.3, -0.25) is 9.79 Å². The van der Waals surface area contributed by atoms with Gasteiger partial charge in [0, 0.05) is 64.2 Å². The van der Waals surface area contributed by atoms with Crippen molar-refractivity contribution in [1.29, 1.82) is 0 Å². The van der Waals surface area contributed by atoms with E-state index >= 15 is 0 Å². The topological polar surface area (TPSA) is 63.2 Å². The molecule has 2 heterocycles. The highest BCUT2D eigenvalue weighted by atomic mass is 16.2. The normalized spacial score (nSPS) is 17.7. The number of rotatable bonds is 4. The van der Waals surface area contributed by atoms with Crippen LogP contribution in [-0.4, -0.2) is 69.6 Å². The fourth-order valence-electron chi connectivity index (χ4n) is 4.01. The zero-order valence-corrected chi connectivity index (χ0v) is 17.6. The summed E-state index contributed by atoms with van der Waals surface area (Å²) in [6.45, 7) is 6.59. The molecule has 4 rings (SSSR count). The zero-order chi connectivity index (χ0) is 20.8. The van der Waals surface area contributed by atoms with Crippen LogP contribution >= 0.6 is 0 Å². The van der Waals surface area contributed by atoms with E-state index in [9.17, 15) is 4.79 Å². The van der Waals surface area contributed by atoms with Crippen LogP contribution in [0.25, 0.3) is 0 Å². The van der Waals surface area contributed by atoms with Crippen LogP contribution in [0.4, 0.5) is 11.4 Å². The predicted molar refractivity (Wildman–Crippen MR) is 122 cm³/mol. The number of nitrogens with zero attached hydrogens (tertiary/aromatic N) is 4. The Morgan fingerprint density at radius 2 is 1.63 bits per heavy atom. The molecule has 0 aliphatic carbocycles. The third kappa shape index (κ3) is 4.84. The van der Waals surface area contributed by atoms with E-state index < -0.39 is 0 Å². The Morgan fingerprint density at radius 3 is 2.30 bits per heavy atom. The van der Waals surface area contributed by atoms with Gasteiger partial charge in [0.25, 0.3) is 0 Å². The quantitative estimate of drug-likeness (QED) is 0.596. The highest BCUT2D eigenvalue weighted by Gasteiger charge is 2.20. The van der Waals surface area contributed by atoms with Crippen molar-refractivity contribution in [3.05, 3.63) is 60.2 Å². The molecule has 7 heteroatoms. The first-order valence-electron chi connectivity index (χ1n) is 10.6. The second-order valence-electron chi connectivity index (χ2n) is 7.65. The average molecular weight is 407 g/mol. The number of hydrogen-bond acceptors (Lipinski definition) is 4. The number of carbonyl (C=O) groups excluding carboxylic acids is 1. The average Bonchev–Trinajstić information content (AvgIpc) is 2.81. The number of carbonyl (C=O) groups is 1. The summed E-state index contributed by atoms with van der Waals surface area (Å²) in [6, 6.07) is 19.0. The Kier molecular flexibility index (Phi) is 6.37. The Balaban J connectivity index is 1.28. The van der Waals surface area contributed by atoms with Crippen molar-refractivity contribution in [2.45, 2.75) is 6.54 Å². The zero-order valence-electron chi connectivity index (χ0n) is 17.6. The Hall–Kier alpha value is -3.22. The third-order valence-corrected chi connectivity index (χ3v) is 5.70. The van der Waals surface area contributed by atoms with Crippen LogP contribution in [-0.2, 0) is 11.3 Å². The van der Waals surface area contributed by atoms with Crippen molar-refractivity contribution in [2.75, 3.05) is 62.7 Å². The summed E-state index contributed by atoms with van der Waals surface area (Å²) >= 11 is 0. The van der Waals surface area contributed by atoms with Crippen LogP contribution < -0.4 is 20.4 Å². The molecule has 0 aromatic heterocycles. The van der Waals surface area contributed by atoms with E-state index in [1.54, 1.807) is 0 Å². The van der Waals surface area contributed by atoms with E-state index in [2.05, 4.69) is 84.9 Å². The van der Waals surface area contributed by atoms with Crippen molar-refractivity contribution in [2.24, 2.45) is 4.99 Å². The largest absolute Gasteiger partial charge is 0.368 e. The van der Waals surface area contributed by atoms with Gasteiger partial charge in [-0.05, 0) is 29.8 Å². The molecule has 0 saturated carbocycles. The maximum atomic E-state index is 11.6. The van der Waals surface area contributed by atoms with Gasteiger partial charge < -0.3 is 25.3 Å². The Labute approximate surface area is 178 Å². The fraction of sp³-hybridized carbons (Fsp3) is 0.391. The third-order valence-electron chi connectivity index (χ3n) is 5.70. The molecule has 0 unspecified atom stereocenters. The van der Waals surface area contributed by atoms with Gasteiger partial charge in [-0.25, -0.2) is 0 Å². The standard InChI is InChI=1S/C23H30N6O/c1-24-23(28-15-13-27(14-16-28)20-5-3-2-4-6-20)26-17-19-7-9-21(10-8-19)29-12-11-25-22(30)18-29/h2-10H,11-18H2,1H3,(H,24,26)(H,25,30). The van der Waals surface area contributed by atoms with Crippen molar-refractivity contribution in [3.8, 4) is 0 Å². The van der Waals surface area contributed by atoms with Crippen molar-refractivity contribution in [1.82, 2.24) is 15.5 Å². The molecule has 2 N–H and O–H groups in total. The minimum absolute atomic E-state index is 0.0863. The van der Waals surface area contributed by atoms with E-state index in [4.69, 9.17) is 0 Å². The van der Waals surface area contributed by atoms with Crippen LogP contribution in [0, 0.1) is 0 Å². The van der Waals surface area contributed by atoms with Gasteiger partial charge in [-0.2, -0.15) is 0 Å². The smallest absolute Gasteiger partial charge is 0.239 e. The van der Waals surface area contributed by atoms with E-state index in [0.717, 1.165) is 50.9 Å². The highest BCUT2D eigenvalue weighted by molar-refractivity contribution is 5.82. The summed E-state index contributed by atoms with van der Waals surface area (Å²) < 4.78 is 0. The van der Waals surface area contributed by atoms with E-state index in [0.29, 0.717) is 13.1 Å². The Bertz CT molecular complexity index is 859. The summed E-state index contributed by atoms with van der Waals surface area (Å²) in [7, 11) is 1.84. The molecule has 0 bridgehead atoms. The second kappa shape index (κ2) is 9.52. The van der Waals surface area contributed by atoms with Crippen LogP contribution in [0.15, 0.2) is 59.6 Å². The molecule has 7 nitrogen and oxygen atoms in total. The first kappa shape index (κ1) is 20.1. The molecule has 2 aromatic rings. The molecule has 30 heavy (non-hydrogen) atoms. The number of amides is 1. The van der Waals surface area contributed by atoms with Gasteiger partial charge in [0.15, 0.2) is 5.96 Å². The molecule has 2 fully saturated rings. The van der Waals surface area contributed by atoms with Gasteiger partial charge in [-0.1, -0.05) is 30.3 Å². The summed E-state index contributed by atoms with van der Waals surface area (Å²) in [4.78, 5) is 22.9. The number of aliphatic imine (C=N–C) groups is 1. The summed E-state index contributed by atoms with van der Waals surface area (Å²) in [5.74, 6) is 1.03. The van der Waals surface area contributed by atoms with Crippen LogP contribution in [0.2, 0.25) is 0 Å². The number of guanidine groups is 1. The number of para-hydroxylation sites is 1. The molecular formula is C23H30N6O. The van der Waals surface area contributed by atoms with Gasteiger partial charge in [0.05, 0.1) is 6.54 Å². The highest BCUT2D eigenvalue weighted by Crippen LogP contribution is 2.17. The SMILES string of the molecule is CN=C(NCc1ccc(N2CCNC(=O)C2)cc1)N1CCN(c2ccccc2)CC1. The van der Waals surface area contributed by atoms with Crippen LogP contribution in [0.3, 0.4) is 0 Å². The molecule has 0 spiro atoms. The van der Waals surface area contributed by atoms with Crippen molar-refractivity contribution in [3.63, 3.8) is 0 Å². The minimum Gasteiger partial charge on any atom is -0.368 e. The van der Waals surface area contributed by atoms with Gasteiger partial charge >= 0.3 is 0 Å². The number of anilines is 2. The van der Waals surface area contributed by atoms with E-state index in [-0.39, 0.29) is 5.91 Å². The van der Waals surface area contributed by atoms with Gasteiger partial charge in [0.2, 0.25) is 5.91 Å². The van der Waals surface area contributed by atoms with E-state index in [1.807, 2.05) is 7.05 Å². The maximum Gasteiger partial charge on any atom is 0.239 e. The molecule has 0 radical (unpaired) electrons. The second-order valence-corrected chi connectivity index (χ2v) is 7.65. The first-order chi connectivity index (χ1) is 14.7. The number of benzene rings is 2. The monoisotopic (exact) mass is 406 g/mol. The summed E-state index contributed by atoms with van der Waals surface area (Å²) in [6.07, 6.45) is 0. The van der Waals surface area contributed by atoms with Crippen LogP contribution in [0.1, 0.15) is 5.56 Å². The molecule has 1 amide bonds. The Morgan fingerprint density at radius 1 is 0.933 bits per heavy atom. The summed E-state index contributed by atoms with van der Waals surface area (Å²) in [5, 5.41) is 6.36. The van der Waals surface area contributed by atoms with E-state index in [1.165, 1.54) is 11.3 Å². The molecule has 2 aliphatic rings. The number of hydrogen-bond donors (Lipinski definition) is 2. The summed E-state index contributed by atoms with van der Waals surface area (Å²) in [5.41, 5.74) is 3.57. The van der Waals surface area contributed by atoms with Gasteiger partial charge in [0.1, 0.15) is 0 Å². The minimum atomic E-state index is 0.0863. The molecule has 2 saturated heterocycles. The van der Waals surface area contributed by atoms with Crippen molar-refractivity contribution >= 4 is 23.2 Å². The molecule has 158 valence electrons. The van der Waals surface area contributed by atoms with Crippen molar-refractivity contribution < 1.29 is 4.79 Å². The lowest BCUT2D eigenvalue weighted by molar-refractivity contribution is -0.120. The maximum absolute atomic E-state index is 11.6. The molecule has 2 aromatic carbocycles. The number of piperazine rings is 2. The van der Waals surface area contributed by atoms with Crippen LogP contribution in [0.5, 0.6) is 0 Å². The number of nitrogens with one attached hydrogen (secondary N) is 2. The first-order valence-corrected chi connectivity index (χ1v) is 10.6. The lowest BCUT2D eigenvalue weighted by Crippen LogP contribution is -2.52. The molecular weight excluding hydrogens is 376 g/mol. The molecule has 0 atom stereocenters. The lowest BCUT2D eigenvalue weighted by atomic mass is 10.2. The van der Waals surface area contributed by atoms with Gasteiger partial charge in [-0.15, -0.1) is 0 Å². The predicted octanol–water partition coefficient (Wildman–Crippen LogP) is 1.52. The lowest BCUT2D eigenvalue weighted by Gasteiger charge is -2.37. The molecule has 2 aliphatic heterocycles. The fourth-order valence-corrected chi connectivity index (χ4v) is 4.01.